The summed E-state index contributed by atoms with van der Waals surface area (Å²) in [6.07, 6.45) is -0.293. The lowest BCUT2D eigenvalue weighted by Crippen LogP contribution is -2.24. The minimum absolute atomic E-state index is 0.147. The first-order valence-electron chi connectivity index (χ1n) is 3.49. The van der Waals surface area contributed by atoms with E-state index in [0.717, 1.165) is 0 Å². The standard InChI is InChI=1S/C7H8O5/c8-3-1-4(6(9)10)5(2-3)7(11)12/h4-5H,1-2H2,(H,9,10)(H,11,12)/t4-,5+. The Balaban J connectivity index is 2.79. The third kappa shape index (κ3) is 1.44. The van der Waals surface area contributed by atoms with Crippen LogP contribution >= 0.6 is 0 Å². The summed E-state index contributed by atoms with van der Waals surface area (Å²) in [5.41, 5.74) is 0. The number of carbonyl (C=O) groups is 3. The van der Waals surface area contributed by atoms with E-state index < -0.39 is 23.8 Å². The summed E-state index contributed by atoms with van der Waals surface area (Å²) in [7, 11) is 0. The molecule has 1 fully saturated rings. The van der Waals surface area contributed by atoms with E-state index in [4.69, 9.17) is 10.2 Å². The van der Waals surface area contributed by atoms with Crippen molar-refractivity contribution in [1.29, 1.82) is 0 Å². The predicted octanol–water partition coefficient (Wildman–Crippen LogP) is -0.249. The molecular formula is C7H8O5. The van der Waals surface area contributed by atoms with E-state index in [1.807, 2.05) is 0 Å². The Morgan fingerprint density at radius 3 is 1.67 bits per heavy atom. The molecule has 5 nitrogen and oxygen atoms in total. The summed E-state index contributed by atoms with van der Waals surface area (Å²) < 4.78 is 0. The first-order chi connectivity index (χ1) is 5.52. The maximum absolute atomic E-state index is 10.7. The van der Waals surface area contributed by atoms with Crippen molar-refractivity contribution >= 4 is 17.7 Å². The van der Waals surface area contributed by atoms with Crippen LogP contribution in [0.4, 0.5) is 0 Å². The lowest BCUT2D eigenvalue weighted by Gasteiger charge is -2.07. The van der Waals surface area contributed by atoms with E-state index in [0.29, 0.717) is 0 Å². The number of Topliss-reactive ketones (excluding diaryl/α,β-unsaturated/α-hetero) is 1. The molecule has 0 aromatic carbocycles. The summed E-state index contributed by atoms with van der Waals surface area (Å²) in [5.74, 6) is -4.75. The molecule has 2 atom stereocenters. The Labute approximate surface area is 68.0 Å². The van der Waals surface area contributed by atoms with Crippen LogP contribution in [0.15, 0.2) is 0 Å². The van der Waals surface area contributed by atoms with Crippen molar-refractivity contribution in [1.82, 2.24) is 0 Å². The quantitative estimate of drug-likeness (QED) is 0.599. The lowest BCUT2D eigenvalue weighted by molar-refractivity contribution is -0.152. The molecule has 12 heavy (non-hydrogen) atoms. The molecule has 0 aliphatic heterocycles. The van der Waals surface area contributed by atoms with Crippen molar-refractivity contribution < 1.29 is 24.6 Å². The second-order valence-corrected chi connectivity index (χ2v) is 2.84. The highest BCUT2D eigenvalue weighted by Gasteiger charge is 2.42. The highest BCUT2D eigenvalue weighted by Crippen LogP contribution is 2.29. The van der Waals surface area contributed by atoms with Crippen molar-refractivity contribution in [2.45, 2.75) is 12.8 Å². The molecule has 66 valence electrons. The molecule has 1 saturated carbocycles. The Bertz CT molecular complexity index is 220. The fourth-order valence-corrected chi connectivity index (χ4v) is 1.38. The number of carbonyl (C=O) groups excluding carboxylic acids is 1. The summed E-state index contributed by atoms with van der Waals surface area (Å²) in [5, 5.41) is 17.1. The SMILES string of the molecule is O=C1C[C@H](C(=O)O)[C@H](C(=O)O)C1. The van der Waals surface area contributed by atoms with Crippen LogP contribution in [0.3, 0.4) is 0 Å². The van der Waals surface area contributed by atoms with Gasteiger partial charge in [0.25, 0.3) is 0 Å². The summed E-state index contributed by atoms with van der Waals surface area (Å²) in [6, 6.07) is 0. The van der Waals surface area contributed by atoms with Gasteiger partial charge in [-0.1, -0.05) is 0 Å². The smallest absolute Gasteiger partial charge is 0.307 e. The predicted molar refractivity (Wildman–Crippen MR) is 36.5 cm³/mol. The van der Waals surface area contributed by atoms with Gasteiger partial charge in [-0.05, 0) is 0 Å². The molecule has 1 aliphatic rings. The molecule has 0 aromatic heterocycles. The lowest BCUT2D eigenvalue weighted by atomic mass is 9.97. The molecule has 5 heteroatoms. The fraction of sp³-hybridized carbons (Fsp3) is 0.571. The van der Waals surface area contributed by atoms with Gasteiger partial charge in [-0.25, -0.2) is 0 Å². The number of carboxylic acid groups (broad SMARTS) is 2. The second-order valence-electron chi connectivity index (χ2n) is 2.84. The van der Waals surface area contributed by atoms with E-state index in [-0.39, 0.29) is 18.6 Å². The van der Waals surface area contributed by atoms with Gasteiger partial charge in [0.2, 0.25) is 0 Å². The van der Waals surface area contributed by atoms with Crippen molar-refractivity contribution in [2.75, 3.05) is 0 Å². The molecule has 0 heterocycles. The van der Waals surface area contributed by atoms with Crippen LogP contribution in [-0.2, 0) is 14.4 Å². The molecule has 0 spiro atoms. The monoisotopic (exact) mass is 172 g/mol. The van der Waals surface area contributed by atoms with Crippen molar-refractivity contribution in [3.8, 4) is 0 Å². The molecule has 2 N–H and O–H groups in total. The number of aliphatic carboxylic acids is 2. The molecule has 0 aromatic rings. The minimum Gasteiger partial charge on any atom is -0.481 e. The summed E-state index contributed by atoms with van der Waals surface area (Å²) >= 11 is 0. The number of hydrogen-bond acceptors (Lipinski definition) is 3. The Kier molecular flexibility index (Phi) is 2.12. The zero-order chi connectivity index (χ0) is 9.30. The highest BCUT2D eigenvalue weighted by atomic mass is 16.4. The number of ketones is 1. The molecular weight excluding hydrogens is 164 g/mol. The van der Waals surface area contributed by atoms with Crippen molar-refractivity contribution in [3.05, 3.63) is 0 Å². The van der Waals surface area contributed by atoms with E-state index in [2.05, 4.69) is 0 Å². The van der Waals surface area contributed by atoms with Crippen LogP contribution in [0.1, 0.15) is 12.8 Å². The molecule has 1 aliphatic carbocycles. The Morgan fingerprint density at radius 2 is 1.42 bits per heavy atom. The average Bonchev–Trinajstić information content (AvgIpc) is 2.31. The topological polar surface area (TPSA) is 91.7 Å². The van der Waals surface area contributed by atoms with Crippen molar-refractivity contribution in [3.63, 3.8) is 0 Å². The Hall–Kier alpha value is -1.39. The van der Waals surface area contributed by atoms with E-state index >= 15 is 0 Å². The molecule has 0 bridgehead atoms. The first kappa shape index (κ1) is 8.70. The maximum Gasteiger partial charge on any atom is 0.307 e. The minimum atomic E-state index is -1.20. The van der Waals surface area contributed by atoms with Crippen LogP contribution < -0.4 is 0 Å². The van der Waals surface area contributed by atoms with Gasteiger partial charge in [-0.3, -0.25) is 14.4 Å². The van der Waals surface area contributed by atoms with Gasteiger partial charge in [-0.2, -0.15) is 0 Å². The normalized spacial score (nSPS) is 28.8. The first-order valence-corrected chi connectivity index (χ1v) is 3.49. The Morgan fingerprint density at radius 1 is 1.08 bits per heavy atom. The van der Waals surface area contributed by atoms with Gasteiger partial charge in [0.05, 0.1) is 11.8 Å². The van der Waals surface area contributed by atoms with Crippen LogP contribution in [0.2, 0.25) is 0 Å². The van der Waals surface area contributed by atoms with Crippen LogP contribution in [0, 0.1) is 11.8 Å². The van der Waals surface area contributed by atoms with E-state index in [1.165, 1.54) is 0 Å². The zero-order valence-corrected chi connectivity index (χ0v) is 6.19. The van der Waals surface area contributed by atoms with Gasteiger partial charge in [-0.15, -0.1) is 0 Å². The molecule has 0 unspecified atom stereocenters. The average molecular weight is 172 g/mol. The van der Waals surface area contributed by atoms with Gasteiger partial charge in [0.15, 0.2) is 0 Å². The summed E-state index contributed by atoms with van der Waals surface area (Å²) in [4.78, 5) is 31.6. The van der Waals surface area contributed by atoms with Gasteiger partial charge in [0.1, 0.15) is 5.78 Å². The number of rotatable bonds is 2. The maximum atomic E-state index is 10.7. The third-order valence-corrected chi connectivity index (χ3v) is 2.02. The fourth-order valence-electron chi connectivity index (χ4n) is 1.38. The van der Waals surface area contributed by atoms with Crippen LogP contribution in [0.25, 0.3) is 0 Å². The van der Waals surface area contributed by atoms with E-state index in [9.17, 15) is 14.4 Å². The van der Waals surface area contributed by atoms with Gasteiger partial charge < -0.3 is 10.2 Å². The van der Waals surface area contributed by atoms with Gasteiger partial charge in [0, 0.05) is 12.8 Å². The third-order valence-electron chi connectivity index (χ3n) is 2.02. The van der Waals surface area contributed by atoms with Gasteiger partial charge >= 0.3 is 11.9 Å². The van der Waals surface area contributed by atoms with E-state index in [1.54, 1.807) is 0 Å². The highest BCUT2D eigenvalue weighted by molar-refractivity contribution is 5.94. The zero-order valence-electron chi connectivity index (χ0n) is 6.19. The molecule has 0 amide bonds. The number of hydrogen-bond donors (Lipinski definition) is 2. The molecule has 1 rings (SSSR count). The second kappa shape index (κ2) is 2.92. The largest absolute Gasteiger partial charge is 0.481 e. The molecule has 0 saturated heterocycles. The number of carboxylic acids is 2. The molecule has 0 radical (unpaired) electrons. The van der Waals surface area contributed by atoms with Crippen molar-refractivity contribution in [2.24, 2.45) is 11.8 Å². The van der Waals surface area contributed by atoms with Crippen LogP contribution in [-0.4, -0.2) is 27.9 Å². The summed E-state index contributed by atoms with van der Waals surface area (Å²) in [6.45, 7) is 0. The van der Waals surface area contributed by atoms with Crippen LogP contribution in [0.5, 0.6) is 0 Å².